The maximum absolute atomic E-state index is 12.1. The van der Waals surface area contributed by atoms with E-state index in [1.165, 1.54) is 0 Å². The molecule has 3 nitrogen and oxygen atoms in total. The van der Waals surface area contributed by atoms with Gasteiger partial charge < -0.3 is 9.29 Å². The van der Waals surface area contributed by atoms with Crippen LogP contribution in [0.1, 0.15) is 44.9 Å². The van der Waals surface area contributed by atoms with Crippen molar-refractivity contribution in [3.63, 3.8) is 0 Å². The van der Waals surface area contributed by atoms with Gasteiger partial charge in [0.1, 0.15) is 17.1 Å². The molecule has 0 saturated carbocycles. The lowest BCUT2D eigenvalue weighted by atomic mass is 10.0. The van der Waals surface area contributed by atoms with Gasteiger partial charge in [0.05, 0.1) is 6.04 Å². The number of aryl methyl sites for hydroxylation is 1. The summed E-state index contributed by atoms with van der Waals surface area (Å²) >= 11 is -1.17. The lowest BCUT2D eigenvalue weighted by Gasteiger charge is -2.27. The normalized spacial score (nSPS) is 15.1. The van der Waals surface area contributed by atoms with Crippen molar-refractivity contribution < 1.29 is 18.1 Å². The zero-order valence-corrected chi connectivity index (χ0v) is 13.9. The van der Waals surface area contributed by atoms with Crippen molar-refractivity contribution in [2.45, 2.75) is 51.8 Å². The van der Waals surface area contributed by atoms with Crippen LogP contribution in [-0.2, 0) is 11.4 Å². The summed E-state index contributed by atoms with van der Waals surface area (Å²) in [6.45, 7) is 8.89. The Morgan fingerprint density at radius 2 is 1.95 bits per heavy atom. The van der Waals surface area contributed by atoms with E-state index in [0.29, 0.717) is 5.75 Å². The summed E-state index contributed by atoms with van der Waals surface area (Å²) in [6.07, 6.45) is -2.49. The Kier molecular flexibility index (Phi) is 6.43. The summed E-state index contributed by atoms with van der Waals surface area (Å²) in [4.78, 5) is 0. The standard InChI is InChI=1S/C15H23F2NO2S/c1-10-8-12(20-9-14(16)17)6-7-13(10)11(2)18-21(19)15(3,4)5/h6-8,11,14,18H,9H2,1-5H3/t11-,21-/m1/s1. The zero-order chi connectivity index (χ0) is 16.2. The molecule has 0 aromatic heterocycles. The number of alkyl halides is 2. The van der Waals surface area contributed by atoms with Gasteiger partial charge in [-0.05, 0) is 57.9 Å². The van der Waals surface area contributed by atoms with Crippen molar-refractivity contribution in [3.8, 4) is 5.75 Å². The van der Waals surface area contributed by atoms with Gasteiger partial charge in [-0.3, -0.25) is 0 Å². The number of rotatable bonds is 6. The molecule has 1 rings (SSSR count). The third kappa shape index (κ3) is 5.80. The highest BCUT2D eigenvalue weighted by atomic mass is 32.2. The highest BCUT2D eigenvalue weighted by molar-refractivity contribution is 7.90. The molecule has 0 heterocycles. The molecule has 120 valence electrons. The summed E-state index contributed by atoms with van der Waals surface area (Å²) in [5.41, 5.74) is 1.88. The molecular formula is C15H23F2NO2S. The summed E-state index contributed by atoms with van der Waals surface area (Å²) in [5, 5.41) is 0. The average molecular weight is 319 g/mol. The Labute approximate surface area is 128 Å². The molecule has 21 heavy (non-hydrogen) atoms. The third-order valence-electron chi connectivity index (χ3n) is 2.92. The van der Waals surface area contributed by atoms with Crippen molar-refractivity contribution in [2.75, 3.05) is 6.61 Å². The van der Waals surface area contributed by atoms with Crippen LogP contribution < -0.4 is 9.46 Å². The highest BCUT2D eigenvalue weighted by Gasteiger charge is 2.28. The average Bonchev–Trinajstić information content (AvgIpc) is 2.34. The molecule has 2 atom stereocenters. The largest absolute Gasteiger partial charge is 0.598 e. The second-order valence-corrected chi connectivity index (χ2v) is 7.94. The van der Waals surface area contributed by atoms with E-state index in [2.05, 4.69) is 4.72 Å². The molecule has 0 radical (unpaired) electrons. The lowest BCUT2D eigenvalue weighted by molar-refractivity contribution is 0.0818. The molecule has 0 aliphatic carbocycles. The van der Waals surface area contributed by atoms with E-state index in [9.17, 15) is 13.3 Å². The number of nitrogens with one attached hydrogen (secondary N) is 1. The Morgan fingerprint density at radius 3 is 2.43 bits per heavy atom. The molecule has 0 fully saturated rings. The van der Waals surface area contributed by atoms with Crippen LogP contribution in [0.4, 0.5) is 8.78 Å². The van der Waals surface area contributed by atoms with Crippen LogP contribution in [0.5, 0.6) is 5.75 Å². The summed E-state index contributed by atoms with van der Waals surface area (Å²) in [6, 6.07) is 5.08. The molecular weight excluding hydrogens is 296 g/mol. The van der Waals surface area contributed by atoms with E-state index in [4.69, 9.17) is 4.74 Å². The first-order chi connectivity index (χ1) is 9.61. The maximum Gasteiger partial charge on any atom is 0.272 e. The number of hydrogen-bond acceptors (Lipinski definition) is 3. The van der Waals surface area contributed by atoms with Crippen molar-refractivity contribution in [2.24, 2.45) is 0 Å². The molecule has 0 spiro atoms. The van der Waals surface area contributed by atoms with Crippen LogP contribution in [-0.4, -0.2) is 22.3 Å². The van der Waals surface area contributed by atoms with Crippen molar-refractivity contribution in [1.29, 1.82) is 0 Å². The van der Waals surface area contributed by atoms with Gasteiger partial charge in [0.25, 0.3) is 6.43 Å². The van der Waals surface area contributed by atoms with Gasteiger partial charge in [-0.2, -0.15) is 0 Å². The molecule has 1 N–H and O–H groups in total. The van der Waals surface area contributed by atoms with Crippen LogP contribution in [0.15, 0.2) is 18.2 Å². The highest BCUT2D eigenvalue weighted by Crippen LogP contribution is 2.25. The van der Waals surface area contributed by atoms with E-state index >= 15 is 0 Å². The molecule has 0 unspecified atom stereocenters. The van der Waals surface area contributed by atoms with Gasteiger partial charge in [0.2, 0.25) is 0 Å². The van der Waals surface area contributed by atoms with Crippen LogP contribution in [0.2, 0.25) is 0 Å². The van der Waals surface area contributed by atoms with Gasteiger partial charge >= 0.3 is 0 Å². The van der Waals surface area contributed by atoms with Gasteiger partial charge in [0, 0.05) is 11.4 Å². The molecule has 0 bridgehead atoms. The SMILES string of the molecule is Cc1cc(OCC(F)F)ccc1[C@@H](C)N[S@+]([O-])C(C)(C)C. The number of ether oxygens (including phenoxy) is 1. The molecule has 0 amide bonds. The van der Waals surface area contributed by atoms with E-state index in [-0.39, 0.29) is 10.8 Å². The Balaban J connectivity index is 2.75. The Bertz CT molecular complexity index is 463. The fraction of sp³-hybridized carbons (Fsp3) is 0.600. The lowest BCUT2D eigenvalue weighted by Crippen LogP contribution is -2.40. The van der Waals surface area contributed by atoms with E-state index in [1.807, 2.05) is 40.7 Å². The van der Waals surface area contributed by atoms with Crippen LogP contribution in [0.25, 0.3) is 0 Å². The smallest absolute Gasteiger partial charge is 0.272 e. The first-order valence-corrected chi connectivity index (χ1v) is 7.95. The Morgan fingerprint density at radius 1 is 1.33 bits per heavy atom. The third-order valence-corrected chi connectivity index (χ3v) is 4.60. The monoisotopic (exact) mass is 319 g/mol. The van der Waals surface area contributed by atoms with Crippen LogP contribution >= 0.6 is 0 Å². The van der Waals surface area contributed by atoms with E-state index < -0.39 is 24.4 Å². The number of benzene rings is 1. The van der Waals surface area contributed by atoms with Gasteiger partial charge in [0.15, 0.2) is 0 Å². The predicted octanol–water partition coefficient (Wildman–Crippen LogP) is 3.75. The summed E-state index contributed by atoms with van der Waals surface area (Å²) in [5.74, 6) is 0.417. The molecule has 1 aromatic carbocycles. The van der Waals surface area contributed by atoms with Crippen LogP contribution in [0.3, 0.4) is 0 Å². The summed E-state index contributed by atoms with van der Waals surface area (Å²) < 4.78 is 44.0. The van der Waals surface area contributed by atoms with Gasteiger partial charge in [-0.25, -0.2) is 8.78 Å². The summed E-state index contributed by atoms with van der Waals surface area (Å²) in [7, 11) is 0. The fourth-order valence-electron chi connectivity index (χ4n) is 1.78. The quantitative estimate of drug-likeness (QED) is 0.812. The predicted molar refractivity (Wildman–Crippen MR) is 82.1 cm³/mol. The minimum absolute atomic E-state index is 0.103. The van der Waals surface area contributed by atoms with Crippen molar-refractivity contribution >= 4 is 11.4 Å². The first-order valence-electron chi connectivity index (χ1n) is 6.81. The van der Waals surface area contributed by atoms with E-state index in [0.717, 1.165) is 11.1 Å². The second-order valence-electron chi connectivity index (χ2n) is 5.94. The van der Waals surface area contributed by atoms with Crippen LogP contribution in [0, 0.1) is 6.92 Å². The van der Waals surface area contributed by atoms with Crippen molar-refractivity contribution in [1.82, 2.24) is 4.72 Å². The molecule has 0 aliphatic rings. The molecule has 1 aromatic rings. The number of hydrogen-bond donors (Lipinski definition) is 1. The number of halogens is 2. The van der Waals surface area contributed by atoms with Gasteiger partial charge in [-0.1, -0.05) is 6.07 Å². The topological polar surface area (TPSA) is 44.3 Å². The maximum atomic E-state index is 12.1. The minimum Gasteiger partial charge on any atom is -0.598 e. The fourth-order valence-corrected chi connectivity index (χ4v) is 2.59. The zero-order valence-electron chi connectivity index (χ0n) is 13.1. The Hall–Kier alpha value is -0.850. The molecule has 0 saturated heterocycles. The molecule has 0 aliphatic heterocycles. The van der Waals surface area contributed by atoms with E-state index in [1.54, 1.807) is 12.1 Å². The van der Waals surface area contributed by atoms with Gasteiger partial charge in [-0.15, -0.1) is 4.72 Å². The van der Waals surface area contributed by atoms with Crippen molar-refractivity contribution in [3.05, 3.63) is 29.3 Å². The minimum atomic E-state index is -2.49. The second kappa shape index (κ2) is 7.42. The molecule has 6 heteroatoms. The first kappa shape index (κ1) is 18.2.